The average Bonchev–Trinajstić information content (AvgIpc) is 3.33. The zero-order valence-electron chi connectivity index (χ0n) is 16.7. The second-order valence-electron chi connectivity index (χ2n) is 7.49. The van der Waals surface area contributed by atoms with E-state index in [1.54, 1.807) is 30.4 Å². The number of amides is 1. The highest BCUT2D eigenvalue weighted by Crippen LogP contribution is 2.29. The number of nitrogens with zero attached hydrogens (tertiary/aromatic N) is 2. The zero-order valence-corrected chi connectivity index (χ0v) is 16.7. The van der Waals surface area contributed by atoms with E-state index < -0.39 is 5.97 Å². The average molecular weight is 362 g/mol. The number of rotatable bonds is 8. The van der Waals surface area contributed by atoms with Crippen LogP contribution in [0.5, 0.6) is 0 Å². The lowest BCUT2D eigenvalue weighted by atomic mass is 10.0. The predicted octanol–water partition coefficient (Wildman–Crippen LogP) is 3.04. The standard InChI is InChI=1S/C20H30N2O4/c1-7-26-20(25)19-13(4)18(14(5)21(19)6)16(23)11-22(15-8-9-15)17(24)10-12(2)3/h12,15H,7-11H2,1-6H3. The lowest BCUT2D eigenvalue weighted by molar-refractivity contribution is -0.132. The van der Waals surface area contributed by atoms with Gasteiger partial charge >= 0.3 is 5.97 Å². The second-order valence-corrected chi connectivity index (χ2v) is 7.49. The van der Waals surface area contributed by atoms with Crippen LogP contribution >= 0.6 is 0 Å². The van der Waals surface area contributed by atoms with E-state index in [0.717, 1.165) is 18.5 Å². The van der Waals surface area contributed by atoms with Crippen molar-refractivity contribution >= 4 is 17.7 Å². The van der Waals surface area contributed by atoms with E-state index in [9.17, 15) is 14.4 Å². The SMILES string of the molecule is CCOC(=O)c1c(C)c(C(=O)CN(C(=O)CC(C)C)C2CC2)c(C)n1C. The Morgan fingerprint density at radius 1 is 1.23 bits per heavy atom. The Hall–Kier alpha value is -2.11. The van der Waals surface area contributed by atoms with Gasteiger partial charge in [-0.15, -0.1) is 0 Å². The third-order valence-corrected chi connectivity index (χ3v) is 4.88. The van der Waals surface area contributed by atoms with Crippen LogP contribution in [0.25, 0.3) is 0 Å². The number of carbonyl (C=O) groups is 3. The number of carbonyl (C=O) groups excluding carboxylic acids is 3. The van der Waals surface area contributed by atoms with Crippen molar-refractivity contribution in [3.05, 3.63) is 22.5 Å². The molecule has 1 heterocycles. The minimum Gasteiger partial charge on any atom is -0.461 e. The van der Waals surface area contributed by atoms with Crippen molar-refractivity contribution in [1.82, 2.24) is 9.47 Å². The minimum atomic E-state index is -0.426. The first-order chi connectivity index (χ1) is 12.2. The molecule has 0 aromatic carbocycles. The van der Waals surface area contributed by atoms with Crippen molar-refractivity contribution in [2.75, 3.05) is 13.2 Å². The van der Waals surface area contributed by atoms with Crippen LogP contribution < -0.4 is 0 Å². The largest absolute Gasteiger partial charge is 0.461 e. The molecule has 0 spiro atoms. The summed E-state index contributed by atoms with van der Waals surface area (Å²) in [5.41, 5.74) is 2.28. The van der Waals surface area contributed by atoms with Crippen LogP contribution in [-0.2, 0) is 16.6 Å². The van der Waals surface area contributed by atoms with Crippen LogP contribution in [0.4, 0.5) is 0 Å². The van der Waals surface area contributed by atoms with E-state index in [-0.39, 0.29) is 36.8 Å². The summed E-state index contributed by atoms with van der Waals surface area (Å²) in [5, 5.41) is 0. The Balaban J connectivity index is 2.27. The molecule has 1 aliphatic carbocycles. The molecular formula is C20H30N2O4. The van der Waals surface area contributed by atoms with Crippen LogP contribution in [0.3, 0.4) is 0 Å². The lowest BCUT2D eigenvalue weighted by Crippen LogP contribution is -2.38. The Labute approximate surface area is 155 Å². The first-order valence-electron chi connectivity index (χ1n) is 9.34. The molecule has 0 atom stereocenters. The maximum atomic E-state index is 13.0. The molecule has 1 aromatic rings. The summed E-state index contributed by atoms with van der Waals surface area (Å²) < 4.78 is 6.82. The smallest absolute Gasteiger partial charge is 0.355 e. The van der Waals surface area contributed by atoms with Gasteiger partial charge < -0.3 is 14.2 Å². The first-order valence-corrected chi connectivity index (χ1v) is 9.34. The molecule has 1 fully saturated rings. The monoisotopic (exact) mass is 362 g/mol. The molecule has 0 saturated heterocycles. The molecule has 0 aliphatic heterocycles. The topological polar surface area (TPSA) is 68.6 Å². The number of aromatic nitrogens is 1. The number of hydrogen-bond acceptors (Lipinski definition) is 4. The fourth-order valence-electron chi connectivity index (χ4n) is 3.38. The Morgan fingerprint density at radius 3 is 2.35 bits per heavy atom. The van der Waals surface area contributed by atoms with Gasteiger partial charge in [-0.1, -0.05) is 13.8 Å². The number of ether oxygens (including phenoxy) is 1. The summed E-state index contributed by atoms with van der Waals surface area (Å²) in [6, 6.07) is 0.180. The molecule has 2 rings (SSSR count). The van der Waals surface area contributed by atoms with Gasteiger partial charge in [-0.2, -0.15) is 0 Å². The van der Waals surface area contributed by atoms with Gasteiger partial charge in [0.25, 0.3) is 0 Å². The van der Waals surface area contributed by atoms with E-state index in [1.165, 1.54) is 0 Å². The fourth-order valence-corrected chi connectivity index (χ4v) is 3.38. The highest BCUT2D eigenvalue weighted by Gasteiger charge is 2.35. The summed E-state index contributed by atoms with van der Waals surface area (Å²) in [6.45, 7) is 9.70. The normalized spacial score (nSPS) is 13.8. The van der Waals surface area contributed by atoms with Gasteiger partial charge in [-0.3, -0.25) is 9.59 Å². The summed E-state index contributed by atoms with van der Waals surface area (Å²) >= 11 is 0. The van der Waals surface area contributed by atoms with Gasteiger partial charge in [0.05, 0.1) is 13.2 Å². The maximum Gasteiger partial charge on any atom is 0.355 e. The van der Waals surface area contributed by atoms with E-state index in [1.807, 2.05) is 20.8 Å². The Morgan fingerprint density at radius 2 is 1.85 bits per heavy atom. The molecule has 0 unspecified atom stereocenters. The van der Waals surface area contributed by atoms with Gasteiger partial charge in [0.1, 0.15) is 5.69 Å². The summed E-state index contributed by atoms with van der Waals surface area (Å²) in [5.74, 6) is -0.248. The van der Waals surface area contributed by atoms with Crippen LogP contribution in [0, 0.1) is 19.8 Å². The summed E-state index contributed by atoms with van der Waals surface area (Å²) in [7, 11) is 1.76. The number of Topliss-reactive ketones (excluding diaryl/α,β-unsaturated/α-hetero) is 1. The molecule has 144 valence electrons. The predicted molar refractivity (Wildman–Crippen MR) is 99.4 cm³/mol. The number of hydrogen-bond donors (Lipinski definition) is 0. The molecule has 26 heavy (non-hydrogen) atoms. The van der Waals surface area contributed by atoms with Crippen molar-refractivity contribution in [3.63, 3.8) is 0 Å². The molecule has 1 aromatic heterocycles. The van der Waals surface area contributed by atoms with Gasteiger partial charge in [0.2, 0.25) is 5.91 Å². The van der Waals surface area contributed by atoms with E-state index in [2.05, 4.69) is 0 Å². The van der Waals surface area contributed by atoms with Gasteiger partial charge in [-0.25, -0.2) is 4.79 Å². The lowest BCUT2D eigenvalue weighted by Gasteiger charge is -2.23. The molecule has 6 heteroatoms. The number of ketones is 1. The summed E-state index contributed by atoms with van der Waals surface area (Å²) in [4.78, 5) is 39.5. The first kappa shape index (κ1) is 20.2. The molecule has 0 radical (unpaired) electrons. The van der Waals surface area contributed by atoms with E-state index in [4.69, 9.17) is 4.74 Å². The molecule has 0 bridgehead atoms. The van der Waals surface area contributed by atoms with Crippen molar-refractivity contribution in [2.45, 2.75) is 59.9 Å². The highest BCUT2D eigenvalue weighted by molar-refractivity contribution is 6.04. The third-order valence-electron chi connectivity index (χ3n) is 4.88. The van der Waals surface area contributed by atoms with Crippen LogP contribution in [0.15, 0.2) is 0 Å². The van der Waals surface area contributed by atoms with Crippen LogP contribution in [0.2, 0.25) is 0 Å². The molecule has 1 amide bonds. The molecule has 1 saturated carbocycles. The Bertz CT molecular complexity index is 714. The zero-order chi connectivity index (χ0) is 19.6. The van der Waals surface area contributed by atoms with Gasteiger partial charge in [-0.05, 0) is 45.1 Å². The molecular weight excluding hydrogens is 332 g/mol. The van der Waals surface area contributed by atoms with E-state index >= 15 is 0 Å². The van der Waals surface area contributed by atoms with E-state index in [0.29, 0.717) is 23.2 Å². The summed E-state index contributed by atoms with van der Waals surface area (Å²) in [6.07, 6.45) is 2.36. The van der Waals surface area contributed by atoms with Crippen LogP contribution in [0.1, 0.15) is 72.1 Å². The quantitative estimate of drug-likeness (QED) is 0.526. The van der Waals surface area contributed by atoms with Crippen molar-refractivity contribution in [3.8, 4) is 0 Å². The molecule has 1 aliphatic rings. The third kappa shape index (κ3) is 4.17. The highest BCUT2D eigenvalue weighted by atomic mass is 16.5. The Kier molecular flexibility index (Phi) is 6.26. The maximum absolute atomic E-state index is 13.0. The van der Waals surface area contributed by atoms with Crippen LogP contribution in [-0.4, -0.2) is 46.3 Å². The van der Waals surface area contributed by atoms with Crippen molar-refractivity contribution in [1.29, 1.82) is 0 Å². The van der Waals surface area contributed by atoms with Gasteiger partial charge in [0.15, 0.2) is 5.78 Å². The van der Waals surface area contributed by atoms with Crippen molar-refractivity contribution < 1.29 is 19.1 Å². The van der Waals surface area contributed by atoms with Gasteiger partial charge in [0, 0.05) is 30.8 Å². The molecule has 0 N–H and O–H groups in total. The van der Waals surface area contributed by atoms with Crippen molar-refractivity contribution in [2.24, 2.45) is 13.0 Å². The second kappa shape index (κ2) is 8.06. The number of esters is 1. The molecule has 6 nitrogen and oxygen atoms in total. The fraction of sp³-hybridized carbons (Fsp3) is 0.650. The minimum absolute atomic E-state index is 0.0349.